The molecule has 146 valence electrons. The van der Waals surface area contributed by atoms with Crippen molar-refractivity contribution in [3.63, 3.8) is 0 Å². The van der Waals surface area contributed by atoms with Crippen molar-refractivity contribution in [2.45, 2.75) is 26.3 Å². The van der Waals surface area contributed by atoms with E-state index in [2.05, 4.69) is 39.4 Å². The second-order valence-electron chi connectivity index (χ2n) is 6.91. The van der Waals surface area contributed by atoms with Gasteiger partial charge >= 0.3 is 0 Å². The highest BCUT2D eigenvalue weighted by Crippen LogP contribution is 2.24. The van der Waals surface area contributed by atoms with Gasteiger partial charge in [0.15, 0.2) is 0 Å². The highest BCUT2D eigenvalue weighted by molar-refractivity contribution is 7.13. The summed E-state index contributed by atoms with van der Waals surface area (Å²) in [6.45, 7) is 4.03. The second-order valence-corrected chi connectivity index (χ2v) is 7.77. The van der Waals surface area contributed by atoms with E-state index in [0.29, 0.717) is 0 Å². The van der Waals surface area contributed by atoms with Gasteiger partial charge in [0.2, 0.25) is 5.91 Å². The van der Waals surface area contributed by atoms with Gasteiger partial charge in [0.05, 0.1) is 23.8 Å². The predicted molar refractivity (Wildman–Crippen MR) is 114 cm³/mol. The number of amides is 1. The largest absolute Gasteiger partial charge is 0.349 e. The summed E-state index contributed by atoms with van der Waals surface area (Å²) in [7, 11) is 0. The number of hydrogen-bond acceptors (Lipinski definition) is 5. The minimum atomic E-state index is -0.0952. The smallest absolute Gasteiger partial charge is 0.226 e. The highest BCUT2D eigenvalue weighted by atomic mass is 32.1. The Morgan fingerprint density at radius 3 is 2.76 bits per heavy atom. The molecule has 7 heteroatoms. The van der Waals surface area contributed by atoms with Crippen LogP contribution in [0.1, 0.15) is 29.8 Å². The van der Waals surface area contributed by atoms with E-state index < -0.39 is 0 Å². The number of carbonyl (C=O) groups is 1. The Morgan fingerprint density at radius 2 is 2.03 bits per heavy atom. The number of benzene rings is 2. The number of hydrogen-bond donors (Lipinski definition) is 1. The topological polar surface area (TPSA) is 72.7 Å². The van der Waals surface area contributed by atoms with Crippen LogP contribution in [0, 0.1) is 6.92 Å². The number of rotatable bonds is 6. The van der Waals surface area contributed by atoms with Gasteiger partial charge in [-0.3, -0.25) is 4.79 Å². The third-order valence-electron chi connectivity index (χ3n) is 4.61. The fraction of sp³-hybridized carbons (Fsp3) is 0.182. The third kappa shape index (κ3) is 4.57. The quantitative estimate of drug-likeness (QED) is 0.526. The molecule has 6 nitrogen and oxygen atoms in total. The number of nitrogens with zero attached hydrogens (tertiary/aromatic N) is 4. The van der Waals surface area contributed by atoms with Crippen LogP contribution in [-0.4, -0.2) is 25.7 Å². The van der Waals surface area contributed by atoms with E-state index in [9.17, 15) is 4.79 Å². The Labute approximate surface area is 173 Å². The van der Waals surface area contributed by atoms with Crippen LogP contribution in [0.2, 0.25) is 0 Å². The minimum absolute atomic E-state index is 0.0426. The van der Waals surface area contributed by atoms with Crippen molar-refractivity contribution in [2.24, 2.45) is 0 Å². The first-order chi connectivity index (χ1) is 14.1. The summed E-state index contributed by atoms with van der Waals surface area (Å²) in [4.78, 5) is 21.1. The molecule has 0 spiro atoms. The van der Waals surface area contributed by atoms with Crippen molar-refractivity contribution >= 4 is 17.2 Å². The number of aromatic nitrogens is 4. The molecule has 0 aliphatic carbocycles. The van der Waals surface area contributed by atoms with Gasteiger partial charge in [-0.05, 0) is 37.6 Å². The standard InChI is InChI=1S/C22H21N5OS/c1-15-4-3-5-18(10-15)22-26-19(12-29-22)11-21(28)25-16(2)17-6-8-20(9-7-17)27-14-23-13-24-27/h3-10,12-14,16H,11H2,1-2H3,(H,25,28). The van der Waals surface area contributed by atoms with Crippen LogP contribution >= 0.6 is 11.3 Å². The summed E-state index contributed by atoms with van der Waals surface area (Å²) in [6, 6.07) is 16.0. The lowest BCUT2D eigenvalue weighted by Crippen LogP contribution is -2.28. The monoisotopic (exact) mass is 403 g/mol. The molecule has 4 aromatic rings. The first kappa shape index (κ1) is 19.0. The summed E-state index contributed by atoms with van der Waals surface area (Å²) in [5.41, 5.74) is 5.03. The molecule has 1 amide bonds. The van der Waals surface area contributed by atoms with Gasteiger partial charge in [0, 0.05) is 10.9 Å². The summed E-state index contributed by atoms with van der Waals surface area (Å²) in [5, 5.41) is 10.1. The molecule has 4 rings (SSSR count). The number of nitrogens with one attached hydrogen (secondary N) is 1. The fourth-order valence-electron chi connectivity index (χ4n) is 3.10. The molecular formula is C22H21N5OS. The van der Waals surface area contributed by atoms with Crippen molar-refractivity contribution in [3.8, 4) is 16.3 Å². The molecule has 2 heterocycles. The Balaban J connectivity index is 1.37. The van der Waals surface area contributed by atoms with Crippen LogP contribution < -0.4 is 5.32 Å². The van der Waals surface area contributed by atoms with Gasteiger partial charge in [0.1, 0.15) is 17.7 Å². The van der Waals surface area contributed by atoms with Gasteiger partial charge in [-0.25, -0.2) is 14.6 Å². The predicted octanol–water partition coefficient (Wildman–Crippen LogP) is 4.12. The lowest BCUT2D eigenvalue weighted by atomic mass is 10.1. The average molecular weight is 404 g/mol. The maximum Gasteiger partial charge on any atom is 0.226 e. The van der Waals surface area contributed by atoms with Crippen molar-refractivity contribution in [3.05, 3.63) is 83.4 Å². The molecule has 0 aliphatic rings. The molecule has 2 aromatic heterocycles. The molecule has 0 bridgehead atoms. The lowest BCUT2D eigenvalue weighted by molar-refractivity contribution is -0.121. The molecule has 1 N–H and O–H groups in total. The van der Waals surface area contributed by atoms with Gasteiger partial charge < -0.3 is 5.32 Å². The van der Waals surface area contributed by atoms with Crippen LogP contribution in [0.25, 0.3) is 16.3 Å². The van der Waals surface area contributed by atoms with Crippen molar-refractivity contribution in [1.82, 2.24) is 25.1 Å². The van der Waals surface area contributed by atoms with Crippen LogP contribution in [0.3, 0.4) is 0 Å². The van der Waals surface area contributed by atoms with E-state index in [1.807, 2.05) is 48.7 Å². The number of aryl methyl sites for hydroxylation is 1. The summed E-state index contributed by atoms with van der Waals surface area (Å²) in [5.74, 6) is -0.0426. The second kappa shape index (κ2) is 8.36. The molecular weight excluding hydrogens is 382 g/mol. The van der Waals surface area contributed by atoms with Crippen LogP contribution in [0.4, 0.5) is 0 Å². The minimum Gasteiger partial charge on any atom is -0.349 e. The fourth-order valence-corrected chi connectivity index (χ4v) is 3.91. The van der Waals surface area contributed by atoms with Crippen molar-refractivity contribution in [2.75, 3.05) is 0 Å². The van der Waals surface area contributed by atoms with Gasteiger partial charge in [0.25, 0.3) is 0 Å². The number of carbonyl (C=O) groups excluding carboxylic acids is 1. The van der Waals surface area contributed by atoms with Gasteiger partial charge in [-0.15, -0.1) is 11.3 Å². The SMILES string of the molecule is Cc1cccc(-c2nc(CC(=O)NC(C)c3ccc(-n4cncn4)cc3)cs2)c1. The molecule has 29 heavy (non-hydrogen) atoms. The molecule has 1 atom stereocenters. The zero-order valence-electron chi connectivity index (χ0n) is 16.2. The van der Waals surface area contributed by atoms with E-state index in [-0.39, 0.29) is 18.4 Å². The van der Waals surface area contributed by atoms with E-state index in [4.69, 9.17) is 0 Å². The highest BCUT2D eigenvalue weighted by Gasteiger charge is 2.13. The molecule has 1 unspecified atom stereocenters. The zero-order valence-corrected chi connectivity index (χ0v) is 17.1. The normalized spacial score (nSPS) is 11.9. The molecule has 0 radical (unpaired) electrons. The van der Waals surface area contributed by atoms with Crippen LogP contribution in [0.5, 0.6) is 0 Å². The van der Waals surface area contributed by atoms with E-state index in [1.54, 1.807) is 22.3 Å². The third-order valence-corrected chi connectivity index (χ3v) is 5.55. The first-order valence-corrected chi connectivity index (χ1v) is 10.2. The van der Waals surface area contributed by atoms with E-state index in [0.717, 1.165) is 27.5 Å². The Hall–Kier alpha value is -3.32. The first-order valence-electron chi connectivity index (χ1n) is 9.34. The molecule has 0 fully saturated rings. The summed E-state index contributed by atoms with van der Waals surface area (Å²) < 4.78 is 1.70. The van der Waals surface area contributed by atoms with Crippen LogP contribution in [-0.2, 0) is 11.2 Å². The van der Waals surface area contributed by atoms with E-state index >= 15 is 0 Å². The van der Waals surface area contributed by atoms with E-state index in [1.165, 1.54) is 11.9 Å². The van der Waals surface area contributed by atoms with Gasteiger partial charge in [-0.2, -0.15) is 5.10 Å². The number of thiazole rings is 1. The summed E-state index contributed by atoms with van der Waals surface area (Å²) >= 11 is 1.56. The van der Waals surface area contributed by atoms with Crippen molar-refractivity contribution < 1.29 is 4.79 Å². The Kier molecular flexibility index (Phi) is 5.48. The molecule has 2 aromatic carbocycles. The van der Waals surface area contributed by atoms with Gasteiger partial charge in [-0.1, -0.05) is 35.9 Å². The zero-order chi connectivity index (χ0) is 20.2. The molecule has 0 saturated heterocycles. The Bertz CT molecular complexity index is 1100. The molecule has 0 aliphatic heterocycles. The maximum absolute atomic E-state index is 12.5. The summed E-state index contributed by atoms with van der Waals surface area (Å²) in [6.07, 6.45) is 3.42. The lowest BCUT2D eigenvalue weighted by Gasteiger charge is -2.14. The Morgan fingerprint density at radius 1 is 1.21 bits per heavy atom. The molecule has 0 saturated carbocycles. The average Bonchev–Trinajstić information content (AvgIpc) is 3.40. The van der Waals surface area contributed by atoms with Crippen molar-refractivity contribution in [1.29, 1.82) is 0 Å². The maximum atomic E-state index is 12.5. The van der Waals surface area contributed by atoms with Crippen LogP contribution in [0.15, 0.2) is 66.6 Å².